The molecule has 0 radical (unpaired) electrons. The number of carbonyl (C=O) groups is 1. The lowest BCUT2D eigenvalue weighted by Gasteiger charge is -2.36. The molecule has 0 unspecified atom stereocenters. The summed E-state index contributed by atoms with van der Waals surface area (Å²) in [4.78, 5) is 21.0. The molecular weight excluding hydrogens is 457 g/mol. The summed E-state index contributed by atoms with van der Waals surface area (Å²) >= 11 is 0. The van der Waals surface area contributed by atoms with E-state index in [1.807, 2.05) is 47.4 Å². The van der Waals surface area contributed by atoms with Gasteiger partial charge in [-0.1, -0.05) is 42.5 Å². The lowest BCUT2D eigenvalue weighted by Crippen LogP contribution is -2.53. The van der Waals surface area contributed by atoms with Crippen molar-refractivity contribution in [3.05, 3.63) is 89.5 Å². The molecule has 0 atom stereocenters. The number of ether oxygens (including phenoxy) is 1. The summed E-state index contributed by atoms with van der Waals surface area (Å²) in [6.07, 6.45) is -4.48. The lowest BCUT2D eigenvalue weighted by molar-refractivity contribution is -0.137. The molecule has 1 N–H and O–H groups in total. The Kier molecular flexibility index (Phi) is 6.07. The third kappa shape index (κ3) is 4.94. The van der Waals surface area contributed by atoms with E-state index in [-0.39, 0.29) is 17.5 Å². The molecule has 3 aromatic rings. The number of nitrogens with one attached hydrogen (secondary N) is 1. The number of para-hydroxylation sites is 1. The van der Waals surface area contributed by atoms with Gasteiger partial charge in [-0.2, -0.15) is 13.2 Å². The molecule has 1 saturated heterocycles. The third-order valence-corrected chi connectivity index (χ3v) is 6.01. The molecule has 6 nitrogen and oxygen atoms in total. The molecule has 0 aliphatic carbocycles. The second kappa shape index (κ2) is 9.32. The molecule has 0 bridgehead atoms. The maximum Gasteiger partial charge on any atom is 0.416 e. The van der Waals surface area contributed by atoms with E-state index in [9.17, 15) is 18.0 Å². The van der Waals surface area contributed by atoms with Crippen molar-refractivity contribution in [1.29, 1.82) is 0 Å². The predicted octanol–water partition coefficient (Wildman–Crippen LogP) is 5.42. The first-order valence-corrected chi connectivity index (χ1v) is 11.3. The number of nitrogens with zero attached hydrogens (tertiary/aromatic N) is 3. The average molecular weight is 480 g/mol. The number of hydrogen-bond acceptors (Lipinski definition) is 4. The summed E-state index contributed by atoms with van der Waals surface area (Å²) in [5.41, 5.74) is 1.04. The molecule has 0 spiro atoms. The van der Waals surface area contributed by atoms with Crippen molar-refractivity contribution in [2.45, 2.75) is 12.7 Å². The van der Waals surface area contributed by atoms with Crippen molar-refractivity contribution >= 4 is 17.6 Å². The van der Waals surface area contributed by atoms with Crippen LogP contribution in [0.1, 0.15) is 16.7 Å². The Morgan fingerprint density at radius 3 is 2.37 bits per heavy atom. The van der Waals surface area contributed by atoms with Crippen LogP contribution in [0, 0.1) is 0 Å². The van der Waals surface area contributed by atoms with Crippen LogP contribution in [-0.2, 0) is 12.7 Å². The van der Waals surface area contributed by atoms with Gasteiger partial charge in [0.1, 0.15) is 17.3 Å². The highest BCUT2D eigenvalue weighted by molar-refractivity contribution is 6.03. The molecule has 2 heterocycles. The van der Waals surface area contributed by atoms with Gasteiger partial charge in [0.15, 0.2) is 5.75 Å². The summed E-state index contributed by atoms with van der Waals surface area (Å²) < 4.78 is 45.9. The Morgan fingerprint density at radius 2 is 1.63 bits per heavy atom. The third-order valence-electron chi connectivity index (χ3n) is 6.01. The Morgan fingerprint density at radius 1 is 0.914 bits per heavy atom. The van der Waals surface area contributed by atoms with E-state index < -0.39 is 11.7 Å². The summed E-state index contributed by atoms with van der Waals surface area (Å²) in [6.45, 7) is 2.33. The van der Waals surface area contributed by atoms with Crippen molar-refractivity contribution < 1.29 is 22.7 Å². The van der Waals surface area contributed by atoms with E-state index in [4.69, 9.17) is 4.74 Å². The van der Waals surface area contributed by atoms with Gasteiger partial charge in [-0.3, -0.25) is 0 Å². The van der Waals surface area contributed by atoms with Gasteiger partial charge in [-0.15, -0.1) is 0 Å². The Labute approximate surface area is 200 Å². The Hall–Kier alpha value is -4.01. The number of amides is 2. The first kappa shape index (κ1) is 22.8. The molecule has 0 aromatic heterocycles. The summed E-state index contributed by atoms with van der Waals surface area (Å²) in [7, 11) is 0. The average Bonchev–Trinajstić information content (AvgIpc) is 3.04. The second-order valence-corrected chi connectivity index (χ2v) is 8.33. The Balaban J connectivity index is 1.35. The molecule has 9 heteroatoms. The standard InChI is InChI=1S/C26H23F3N4O2/c27-26(28,29)19-10-11-23-21(16-19)31-24(20-8-4-5-9-22(20)35-23)32-12-14-33(15-13-32)25(34)30-17-18-6-2-1-3-7-18/h1-11,16H,12-15,17H2,(H,30,34). The van der Waals surface area contributed by atoms with Crippen molar-refractivity contribution in [2.24, 2.45) is 4.99 Å². The highest BCUT2D eigenvalue weighted by atomic mass is 19.4. The van der Waals surface area contributed by atoms with Gasteiger partial charge < -0.3 is 19.9 Å². The van der Waals surface area contributed by atoms with Crippen LogP contribution >= 0.6 is 0 Å². The zero-order chi connectivity index (χ0) is 24.4. The van der Waals surface area contributed by atoms with Gasteiger partial charge in [0.25, 0.3) is 0 Å². The molecule has 2 aliphatic rings. The molecule has 35 heavy (non-hydrogen) atoms. The molecule has 0 saturated carbocycles. The molecule has 2 aliphatic heterocycles. The van der Waals surface area contributed by atoms with E-state index in [0.29, 0.717) is 49.9 Å². The topological polar surface area (TPSA) is 57.2 Å². The largest absolute Gasteiger partial charge is 0.454 e. The zero-order valence-corrected chi connectivity index (χ0v) is 18.8. The smallest absolute Gasteiger partial charge is 0.416 e. The van der Waals surface area contributed by atoms with Crippen LogP contribution in [0.2, 0.25) is 0 Å². The van der Waals surface area contributed by atoms with Gasteiger partial charge in [0, 0.05) is 32.7 Å². The fourth-order valence-electron chi connectivity index (χ4n) is 4.15. The van der Waals surface area contributed by atoms with Gasteiger partial charge in [0.2, 0.25) is 0 Å². The molecule has 1 fully saturated rings. The number of amidine groups is 1. The normalized spacial score (nSPS) is 15.3. The number of halogens is 3. The van der Waals surface area contributed by atoms with Crippen molar-refractivity contribution in [3.8, 4) is 11.5 Å². The summed E-state index contributed by atoms with van der Waals surface area (Å²) in [5.74, 6) is 1.31. The molecule has 180 valence electrons. The Bertz CT molecular complexity index is 1250. The van der Waals surface area contributed by atoms with E-state index in [0.717, 1.165) is 17.7 Å². The number of benzene rings is 3. The van der Waals surface area contributed by atoms with Gasteiger partial charge >= 0.3 is 12.2 Å². The first-order chi connectivity index (χ1) is 16.9. The number of fused-ring (bicyclic) bond motifs is 2. The molecular formula is C26H23F3N4O2. The van der Waals surface area contributed by atoms with E-state index in [1.54, 1.807) is 17.0 Å². The SMILES string of the molecule is O=C(NCc1ccccc1)N1CCN(C2=Nc3cc(C(F)(F)F)ccc3Oc3ccccc32)CC1. The lowest BCUT2D eigenvalue weighted by atomic mass is 10.1. The van der Waals surface area contributed by atoms with Crippen LogP contribution < -0.4 is 10.1 Å². The maximum absolute atomic E-state index is 13.3. The highest BCUT2D eigenvalue weighted by Crippen LogP contribution is 2.41. The van der Waals surface area contributed by atoms with E-state index >= 15 is 0 Å². The van der Waals surface area contributed by atoms with Gasteiger partial charge in [0.05, 0.1) is 11.1 Å². The predicted molar refractivity (Wildman–Crippen MR) is 126 cm³/mol. The minimum absolute atomic E-state index is 0.119. The van der Waals surface area contributed by atoms with Crippen LogP contribution in [0.15, 0.2) is 77.8 Å². The minimum atomic E-state index is -4.48. The highest BCUT2D eigenvalue weighted by Gasteiger charge is 2.33. The van der Waals surface area contributed by atoms with Crippen LogP contribution in [0.4, 0.5) is 23.7 Å². The number of rotatable bonds is 2. The number of alkyl halides is 3. The van der Waals surface area contributed by atoms with Gasteiger partial charge in [-0.25, -0.2) is 9.79 Å². The number of aliphatic imine (C=N–C) groups is 1. The monoisotopic (exact) mass is 480 g/mol. The van der Waals surface area contributed by atoms with E-state index in [2.05, 4.69) is 10.3 Å². The van der Waals surface area contributed by atoms with E-state index in [1.165, 1.54) is 6.07 Å². The first-order valence-electron chi connectivity index (χ1n) is 11.3. The zero-order valence-electron chi connectivity index (χ0n) is 18.8. The number of urea groups is 1. The van der Waals surface area contributed by atoms with Crippen molar-refractivity contribution in [2.75, 3.05) is 26.2 Å². The van der Waals surface area contributed by atoms with Crippen LogP contribution in [0.3, 0.4) is 0 Å². The van der Waals surface area contributed by atoms with Crippen molar-refractivity contribution in [1.82, 2.24) is 15.1 Å². The van der Waals surface area contributed by atoms with Crippen LogP contribution in [-0.4, -0.2) is 47.8 Å². The number of piperazine rings is 1. The number of hydrogen-bond donors (Lipinski definition) is 1. The fourth-order valence-corrected chi connectivity index (χ4v) is 4.15. The van der Waals surface area contributed by atoms with Crippen LogP contribution in [0.5, 0.6) is 11.5 Å². The molecule has 3 aromatic carbocycles. The molecule has 5 rings (SSSR count). The quantitative estimate of drug-likeness (QED) is 0.533. The maximum atomic E-state index is 13.3. The summed E-state index contributed by atoms with van der Waals surface area (Å²) in [5, 5.41) is 2.93. The minimum Gasteiger partial charge on any atom is -0.454 e. The number of carbonyl (C=O) groups excluding carboxylic acids is 1. The fraction of sp³-hybridized carbons (Fsp3) is 0.231. The van der Waals surface area contributed by atoms with Crippen molar-refractivity contribution in [3.63, 3.8) is 0 Å². The van der Waals surface area contributed by atoms with Gasteiger partial charge in [-0.05, 0) is 35.9 Å². The summed E-state index contributed by atoms with van der Waals surface area (Å²) in [6, 6.07) is 20.1. The second-order valence-electron chi connectivity index (χ2n) is 8.33. The molecule has 2 amide bonds. The van der Waals surface area contributed by atoms with Crippen LogP contribution in [0.25, 0.3) is 0 Å².